The summed E-state index contributed by atoms with van der Waals surface area (Å²) >= 11 is 0. The summed E-state index contributed by atoms with van der Waals surface area (Å²) < 4.78 is 18.6. The summed E-state index contributed by atoms with van der Waals surface area (Å²) in [4.78, 5) is 4.36. The monoisotopic (exact) mass is 275 g/mol. The maximum absolute atomic E-state index is 13.4. The van der Waals surface area contributed by atoms with Gasteiger partial charge in [-0.15, -0.1) is 0 Å². The van der Waals surface area contributed by atoms with Gasteiger partial charge < -0.3 is 9.84 Å². The van der Waals surface area contributed by atoms with Crippen LogP contribution in [0.25, 0.3) is 11.4 Å². The van der Waals surface area contributed by atoms with Gasteiger partial charge in [0, 0.05) is 12.0 Å². The molecule has 1 saturated heterocycles. The molecule has 1 aromatic carbocycles. The Hall–Kier alpha value is -1.75. The summed E-state index contributed by atoms with van der Waals surface area (Å²) in [7, 11) is 0. The van der Waals surface area contributed by atoms with E-state index in [2.05, 4.69) is 15.5 Å². The van der Waals surface area contributed by atoms with E-state index in [-0.39, 0.29) is 5.82 Å². The third-order valence-electron chi connectivity index (χ3n) is 3.70. The molecule has 2 aromatic rings. The Labute approximate surface area is 117 Å². The zero-order valence-electron chi connectivity index (χ0n) is 11.5. The minimum Gasteiger partial charge on any atom is -0.339 e. The van der Waals surface area contributed by atoms with Crippen LogP contribution < -0.4 is 5.32 Å². The summed E-state index contributed by atoms with van der Waals surface area (Å²) in [5.41, 5.74) is 1.52. The van der Waals surface area contributed by atoms with Crippen LogP contribution in [-0.2, 0) is 6.42 Å². The molecule has 0 aliphatic carbocycles. The van der Waals surface area contributed by atoms with Crippen molar-refractivity contribution in [2.45, 2.75) is 26.2 Å². The van der Waals surface area contributed by atoms with Gasteiger partial charge in [0.05, 0.1) is 0 Å². The first-order valence-corrected chi connectivity index (χ1v) is 7.01. The van der Waals surface area contributed by atoms with E-state index in [0.717, 1.165) is 31.5 Å². The number of benzene rings is 1. The fourth-order valence-electron chi connectivity index (χ4n) is 2.63. The lowest BCUT2D eigenvalue weighted by molar-refractivity contribution is 0.365. The van der Waals surface area contributed by atoms with Crippen molar-refractivity contribution in [3.63, 3.8) is 0 Å². The molecule has 1 aromatic heterocycles. The van der Waals surface area contributed by atoms with Crippen LogP contribution in [0.5, 0.6) is 0 Å². The summed E-state index contributed by atoms with van der Waals surface area (Å²) in [6, 6.07) is 4.78. The molecular formula is C15H18FN3O. The Kier molecular flexibility index (Phi) is 3.78. The number of aryl methyl sites for hydroxylation is 2. The van der Waals surface area contributed by atoms with Crippen LogP contribution in [0, 0.1) is 18.7 Å². The highest BCUT2D eigenvalue weighted by molar-refractivity contribution is 5.55. The van der Waals surface area contributed by atoms with Crippen molar-refractivity contribution in [3.05, 3.63) is 35.5 Å². The van der Waals surface area contributed by atoms with Crippen molar-refractivity contribution in [1.82, 2.24) is 15.5 Å². The second-order valence-electron chi connectivity index (χ2n) is 5.43. The van der Waals surface area contributed by atoms with E-state index in [1.807, 2.05) is 13.0 Å². The Morgan fingerprint density at radius 3 is 3.05 bits per heavy atom. The smallest absolute Gasteiger partial charge is 0.226 e. The Morgan fingerprint density at radius 1 is 1.40 bits per heavy atom. The van der Waals surface area contributed by atoms with Crippen LogP contribution in [-0.4, -0.2) is 23.2 Å². The molecule has 1 unspecified atom stereocenters. The topological polar surface area (TPSA) is 51.0 Å². The zero-order valence-corrected chi connectivity index (χ0v) is 11.5. The molecule has 1 atom stereocenters. The van der Waals surface area contributed by atoms with Crippen LogP contribution >= 0.6 is 0 Å². The average Bonchev–Trinajstić information content (AvgIpc) is 3.07. The Bertz CT molecular complexity index is 570. The number of nitrogens with zero attached hydrogens (tertiary/aromatic N) is 2. The summed E-state index contributed by atoms with van der Waals surface area (Å²) in [6.45, 7) is 4.02. The van der Waals surface area contributed by atoms with Gasteiger partial charge in [-0.2, -0.15) is 4.98 Å². The highest BCUT2D eigenvalue weighted by Gasteiger charge is 2.16. The fourth-order valence-corrected chi connectivity index (χ4v) is 2.63. The summed E-state index contributed by atoms with van der Waals surface area (Å²) in [5.74, 6) is 1.52. The Morgan fingerprint density at radius 2 is 2.30 bits per heavy atom. The molecule has 5 heteroatoms. The van der Waals surface area contributed by atoms with Crippen LogP contribution in [0.15, 0.2) is 22.7 Å². The van der Waals surface area contributed by atoms with Gasteiger partial charge in [0.15, 0.2) is 0 Å². The third-order valence-corrected chi connectivity index (χ3v) is 3.70. The molecule has 1 N–H and O–H groups in total. The highest BCUT2D eigenvalue weighted by atomic mass is 19.1. The molecule has 2 heterocycles. The van der Waals surface area contributed by atoms with Crippen molar-refractivity contribution in [3.8, 4) is 11.4 Å². The van der Waals surface area contributed by atoms with Gasteiger partial charge in [-0.05, 0) is 62.5 Å². The Balaban J connectivity index is 1.69. The van der Waals surface area contributed by atoms with Gasteiger partial charge in [0.25, 0.3) is 0 Å². The zero-order chi connectivity index (χ0) is 13.9. The number of halogens is 1. The van der Waals surface area contributed by atoms with Crippen molar-refractivity contribution in [2.75, 3.05) is 13.1 Å². The van der Waals surface area contributed by atoms with Crippen LogP contribution in [0.2, 0.25) is 0 Å². The minimum atomic E-state index is -0.275. The predicted molar refractivity (Wildman–Crippen MR) is 73.7 cm³/mol. The molecule has 1 aliphatic rings. The highest BCUT2D eigenvalue weighted by Crippen LogP contribution is 2.20. The van der Waals surface area contributed by atoms with E-state index in [1.165, 1.54) is 18.6 Å². The van der Waals surface area contributed by atoms with Crippen molar-refractivity contribution in [1.29, 1.82) is 0 Å². The minimum absolute atomic E-state index is 0.275. The van der Waals surface area contributed by atoms with Gasteiger partial charge in [-0.3, -0.25) is 0 Å². The lowest BCUT2D eigenvalue weighted by atomic mass is 10.0. The first kappa shape index (κ1) is 13.2. The molecule has 0 amide bonds. The normalized spacial score (nSPS) is 18.6. The maximum atomic E-state index is 13.4. The molecule has 0 saturated carbocycles. The first-order chi connectivity index (χ1) is 9.70. The largest absolute Gasteiger partial charge is 0.339 e. The number of rotatable bonds is 4. The van der Waals surface area contributed by atoms with Gasteiger partial charge in [-0.25, -0.2) is 4.39 Å². The molecule has 3 rings (SSSR count). The second-order valence-corrected chi connectivity index (χ2v) is 5.43. The molecule has 0 spiro atoms. The number of hydrogen-bond donors (Lipinski definition) is 1. The van der Waals surface area contributed by atoms with Gasteiger partial charge in [-0.1, -0.05) is 5.16 Å². The fraction of sp³-hybridized carbons (Fsp3) is 0.467. The van der Waals surface area contributed by atoms with E-state index in [9.17, 15) is 4.39 Å². The molecule has 106 valence electrons. The predicted octanol–water partition coefficient (Wildman–Crippen LogP) is 2.73. The van der Waals surface area contributed by atoms with E-state index in [1.54, 1.807) is 0 Å². The first-order valence-electron chi connectivity index (χ1n) is 7.01. The lowest BCUT2D eigenvalue weighted by Crippen LogP contribution is -2.09. The van der Waals surface area contributed by atoms with Crippen LogP contribution in [0.3, 0.4) is 0 Å². The summed E-state index contributed by atoms with van der Waals surface area (Å²) in [6.07, 6.45) is 3.05. The molecule has 0 radical (unpaired) electrons. The summed E-state index contributed by atoms with van der Waals surface area (Å²) in [5, 5.41) is 7.29. The van der Waals surface area contributed by atoms with E-state index in [4.69, 9.17) is 4.52 Å². The van der Waals surface area contributed by atoms with Crippen molar-refractivity contribution < 1.29 is 8.91 Å². The molecular weight excluding hydrogens is 257 g/mol. The quantitative estimate of drug-likeness (QED) is 0.932. The third kappa shape index (κ3) is 3.04. The van der Waals surface area contributed by atoms with Crippen molar-refractivity contribution in [2.24, 2.45) is 5.92 Å². The molecule has 1 fully saturated rings. The molecule has 1 aliphatic heterocycles. The SMILES string of the molecule is Cc1cc(F)cc(-c2noc(CCC3CCNC3)n2)c1. The van der Waals surface area contributed by atoms with Crippen molar-refractivity contribution >= 4 is 0 Å². The molecule has 0 bridgehead atoms. The number of hydrogen-bond acceptors (Lipinski definition) is 4. The molecule has 20 heavy (non-hydrogen) atoms. The van der Waals surface area contributed by atoms with E-state index in [0.29, 0.717) is 23.2 Å². The van der Waals surface area contributed by atoms with Gasteiger partial charge in [0.2, 0.25) is 11.7 Å². The van der Waals surface area contributed by atoms with Gasteiger partial charge >= 0.3 is 0 Å². The van der Waals surface area contributed by atoms with Crippen LogP contribution in [0.4, 0.5) is 4.39 Å². The van der Waals surface area contributed by atoms with E-state index >= 15 is 0 Å². The average molecular weight is 275 g/mol. The standard InChI is InChI=1S/C15H18FN3O/c1-10-6-12(8-13(16)7-10)15-18-14(20-19-15)3-2-11-4-5-17-9-11/h6-8,11,17H,2-5,9H2,1H3. The number of aromatic nitrogens is 2. The maximum Gasteiger partial charge on any atom is 0.226 e. The van der Waals surface area contributed by atoms with Crippen LogP contribution in [0.1, 0.15) is 24.3 Å². The van der Waals surface area contributed by atoms with Gasteiger partial charge in [0.1, 0.15) is 5.82 Å². The lowest BCUT2D eigenvalue weighted by Gasteiger charge is -2.03. The number of nitrogens with one attached hydrogen (secondary N) is 1. The second kappa shape index (κ2) is 5.71. The molecule has 4 nitrogen and oxygen atoms in total. The van der Waals surface area contributed by atoms with E-state index < -0.39 is 0 Å².